The Morgan fingerprint density at radius 1 is 1.50 bits per heavy atom. The fourth-order valence-electron chi connectivity index (χ4n) is 1.73. The van der Waals surface area contributed by atoms with Gasteiger partial charge in [0.2, 0.25) is 5.91 Å². The molecule has 1 aromatic rings. The van der Waals surface area contributed by atoms with Gasteiger partial charge in [-0.1, -0.05) is 19.1 Å². The molecule has 3 N–H and O–H groups in total. The molecule has 1 aromatic carbocycles. The molecule has 0 heterocycles. The molecule has 0 aromatic heterocycles. The second kappa shape index (κ2) is 6.40. The van der Waals surface area contributed by atoms with E-state index in [2.05, 4.69) is 19.2 Å². The van der Waals surface area contributed by atoms with E-state index in [0.717, 1.165) is 17.7 Å². The maximum atomic E-state index is 11.9. The van der Waals surface area contributed by atoms with Gasteiger partial charge in [-0.05, 0) is 38.9 Å². The number of likely N-dealkylation sites (N-methyl/N-ethyl adjacent to an activating group) is 1. The van der Waals surface area contributed by atoms with Crippen molar-refractivity contribution in [1.29, 1.82) is 0 Å². The summed E-state index contributed by atoms with van der Waals surface area (Å²) in [6, 6.07) is 6.00. The molecule has 0 saturated heterocycles. The first-order chi connectivity index (χ1) is 8.45. The third kappa shape index (κ3) is 3.74. The fraction of sp³-hybridized carbons (Fsp3) is 0.500. The van der Waals surface area contributed by atoms with Crippen molar-refractivity contribution in [2.45, 2.75) is 33.2 Å². The van der Waals surface area contributed by atoms with Gasteiger partial charge in [-0.25, -0.2) is 0 Å². The highest BCUT2D eigenvalue weighted by atomic mass is 16.2. The van der Waals surface area contributed by atoms with Gasteiger partial charge < -0.3 is 11.1 Å². The van der Waals surface area contributed by atoms with Crippen LogP contribution in [0.1, 0.15) is 25.8 Å². The van der Waals surface area contributed by atoms with Crippen LogP contribution in [0.15, 0.2) is 18.2 Å². The molecule has 0 saturated carbocycles. The minimum absolute atomic E-state index is 0.0289. The summed E-state index contributed by atoms with van der Waals surface area (Å²) in [6.07, 6.45) is 1.02. The summed E-state index contributed by atoms with van der Waals surface area (Å²) in [7, 11) is 1.95. The van der Waals surface area contributed by atoms with Gasteiger partial charge in [0.1, 0.15) is 0 Å². The lowest BCUT2D eigenvalue weighted by atomic mass is 10.1. The number of amides is 1. The predicted molar refractivity (Wildman–Crippen MR) is 76.6 cm³/mol. The van der Waals surface area contributed by atoms with E-state index in [-0.39, 0.29) is 5.91 Å². The number of nitrogens with two attached hydrogens (primary N) is 1. The lowest BCUT2D eigenvalue weighted by Crippen LogP contribution is -2.36. The molecule has 1 rings (SSSR count). The standard InChI is InChI=1S/C14H23N3O/c1-5-11(3)17(4)9-13(18)16-14-10(2)7-6-8-12(14)15/h6-8,11H,5,9,15H2,1-4H3,(H,16,18). The Morgan fingerprint density at radius 2 is 2.17 bits per heavy atom. The molecule has 0 aliphatic carbocycles. The Balaban J connectivity index is 2.65. The van der Waals surface area contributed by atoms with Gasteiger partial charge in [0, 0.05) is 6.04 Å². The molecule has 4 heteroatoms. The summed E-state index contributed by atoms with van der Waals surface area (Å²) >= 11 is 0. The van der Waals surface area contributed by atoms with Crippen LogP contribution in [0, 0.1) is 6.92 Å². The minimum Gasteiger partial charge on any atom is -0.397 e. The topological polar surface area (TPSA) is 58.4 Å². The van der Waals surface area contributed by atoms with Crippen molar-refractivity contribution < 1.29 is 4.79 Å². The quantitative estimate of drug-likeness (QED) is 0.787. The van der Waals surface area contributed by atoms with E-state index < -0.39 is 0 Å². The molecule has 0 spiro atoms. The van der Waals surface area contributed by atoms with E-state index >= 15 is 0 Å². The first kappa shape index (κ1) is 14.5. The van der Waals surface area contributed by atoms with Crippen LogP contribution in [-0.4, -0.2) is 30.4 Å². The fourth-order valence-corrected chi connectivity index (χ4v) is 1.73. The van der Waals surface area contributed by atoms with Crippen molar-refractivity contribution in [3.63, 3.8) is 0 Å². The first-order valence-electron chi connectivity index (χ1n) is 6.30. The number of nitrogens with one attached hydrogen (secondary N) is 1. The van der Waals surface area contributed by atoms with Crippen LogP contribution in [0.2, 0.25) is 0 Å². The van der Waals surface area contributed by atoms with Crippen molar-refractivity contribution in [3.05, 3.63) is 23.8 Å². The summed E-state index contributed by atoms with van der Waals surface area (Å²) < 4.78 is 0. The molecule has 100 valence electrons. The SMILES string of the molecule is CCC(C)N(C)CC(=O)Nc1c(C)cccc1N. The van der Waals surface area contributed by atoms with E-state index in [1.165, 1.54) is 0 Å². The van der Waals surface area contributed by atoms with E-state index in [4.69, 9.17) is 5.73 Å². The summed E-state index contributed by atoms with van der Waals surface area (Å²) in [5, 5.41) is 2.88. The summed E-state index contributed by atoms with van der Waals surface area (Å²) in [6.45, 7) is 6.53. The first-order valence-corrected chi connectivity index (χ1v) is 6.30. The number of hydrogen-bond donors (Lipinski definition) is 2. The second-order valence-corrected chi connectivity index (χ2v) is 4.76. The highest BCUT2D eigenvalue weighted by Gasteiger charge is 2.13. The smallest absolute Gasteiger partial charge is 0.238 e. The molecule has 0 aliphatic heterocycles. The predicted octanol–water partition coefficient (Wildman–Crippen LogP) is 2.25. The molecular weight excluding hydrogens is 226 g/mol. The van der Waals surface area contributed by atoms with Crippen molar-refractivity contribution >= 4 is 17.3 Å². The number of carbonyl (C=O) groups excluding carboxylic acids is 1. The molecule has 18 heavy (non-hydrogen) atoms. The van der Waals surface area contributed by atoms with Crippen molar-refractivity contribution in [2.75, 3.05) is 24.6 Å². The molecule has 0 fully saturated rings. The van der Waals surface area contributed by atoms with Gasteiger partial charge in [-0.15, -0.1) is 0 Å². The Labute approximate surface area is 109 Å². The Morgan fingerprint density at radius 3 is 2.72 bits per heavy atom. The van der Waals surface area contributed by atoms with E-state index in [0.29, 0.717) is 18.3 Å². The summed E-state index contributed by atoms with van der Waals surface area (Å²) in [5.74, 6) is -0.0289. The van der Waals surface area contributed by atoms with Crippen LogP contribution in [0.25, 0.3) is 0 Å². The van der Waals surface area contributed by atoms with Gasteiger partial charge in [-0.2, -0.15) is 0 Å². The number of nitrogens with zero attached hydrogens (tertiary/aromatic N) is 1. The van der Waals surface area contributed by atoms with E-state index in [1.54, 1.807) is 6.07 Å². The van der Waals surface area contributed by atoms with Crippen LogP contribution in [0.3, 0.4) is 0 Å². The summed E-state index contributed by atoms with van der Waals surface area (Å²) in [5.41, 5.74) is 8.17. The van der Waals surface area contributed by atoms with Crippen molar-refractivity contribution in [1.82, 2.24) is 4.90 Å². The molecule has 1 amide bonds. The molecule has 0 bridgehead atoms. The molecule has 1 atom stereocenters. The third-order valence-corrected chi connectivity index (χ3v) is 3.31. The number of hydrogen-bond acceptors (Lipinski definition) is 3. The van der Waals surface area contributed by atoms with Gasteiger partial charge in [-0.3, -0.25) is 9.69 Å². The van der Waals surface area contributed by atoms with Gasteiger partial charge >= 0.3 is 0 Å². The number of aryl methyl sites for hydroxylation is 1. The average Bonchev–Trinajstić information content (AvgIpc) is 2.32. The molecule has 1 unspecified atom stereocenters. The van der Waals surface area contributed by atoms with E-state index in [9.17, 15) is 4.79 Å². The minimum atomic E-state index is -0.0289. The van der Waals surface area contributed by atoms with Crippen LogP contribution < -0.4 is 11.1 Å². The van der Waals surface area contributed by atoms with Gasteiger partial charge in [0.05, 0.1) is 17.9 Å². The molecule has 4 nitrogen and oxygen atoms in total. The number of benzene rings is 1. The van der Waals surface area contributed by atoms with E-state index in [1.807, 2.05) is 31.0 Å². The third-order valence-electron chi connectivity index (χ3n) is 3.31. The van der Waals surface area contributed by atoms with Crippen molar-refractivity contribution in [2.24, 2.45) is 0 Å². The second-order valence-electron chi connectivity index (χ2n) is 4.76. The Bertz CT molecular complexity index is 397. The molecular formula is C14H23N3O. The highest BCUT2D eigenvalue weighted by Crippen LogP contribution is 2.22. The summed E-state index contributed by atoms with van der Waals surface area (Å²) in [4.78, 5) is 14.0. The monoisotopic (exact) mass is 249 g/mol. The van der Waals surface area contributed by atoms with Gasteiger partial charge in [0.25, 0.3) is 0 Å². The molecule has 0 radical (unpaired) electrons. The zero-order valence-electron chi connectivity index (χ0n) is 11.7. The van der Waals surface area contributed by atoms with Crippen LogP contribution >= 0.6 is 0 Å². The van der Waals surface area contributed by atoms with Crippen LogP contribution in [0.5, 0.6) is 0 Å². The average molecular weight is 249 g/mol. The van der Waals surface area contributed by atoms with Crippen molar-refractivity contribution in [3.8, 4) is 0 Å². The normalized spacial score (nSPS) is 12.5. The zero-order chi connectivity index (χ0) is 13.7. The number of para-hydroxylation sites is 1. The maximum Gasteiger partial charge on any atom is 0.238 e. The lowest BCUT2D eigenvalue weighted by molar-refractivity contribution is -0.117. The Hall–Kier alpha value is -1.55. The maximum absolute atomic E-state index is 11.9. The Kier molecular flexibility index (Phi) is 5.16. The number of rotatable bonds is 5. The number of anilines is 2. The van der Waals surface area contributed by atoms with Gasteiger partial charge in [0.15, 0.2) is 0 Å². The highest BCUT2D eigenvalue weighted by molar-refractivity contribution is 5.96. The van der Waals surface area contributed by atoms with Crippen LogP contribution in [0.4, 0.5) is 11.4 Å². The number of nitrogen functional groups attached to an aromatic ring is 1. The largest absolute Gasteiger partial charge is 0.397 e. The number of carbonyl (C=O) groups is 1. The zero-order valence-corrected chi connectivity index (χ0v) is 11.7. The van der Waals surface area contributed by atoms with Crippen LogP contribution in [-0.2, 0) is 4.79 Å². The lowest BCUT2D eigenvalue weighted by Gasteiger charge is -2.23. The molecule has 0 aliphatic rings.